The molecule has 4 heteroatoms. The third-order valence-corrected chi connectivity index (χ3v) is 3.71. The first-order valence-electron chi connectivity index (χ1n) is 7.25. The molecule has 1 aromatic heterocycles. The molecule has 0 N–H and O–H groups in total. The van der Waals surface area contributed by atoms with Gasteiger partial charge < -0.3 is 14.0 Å². The van der Waals surface area contributed by atoms with Gasteiger partial charge in [0.25, 0.3) is 5.56 Å². The second kappa shape index (κ2) is 6.40. The van der Waals surface area contributed by atoms with Crippen LogP contribution in [0.3, 0.4) is 0 Å². The Labute approximate surface area is 134 Å². The van der Waals surface area contributed by atoms with E-state index in [4.69, 9.17) is 9.47 Å². The molecule has 0 spiro atoms. The van der Waals surface area contributed by atoms with Crippen LogP contribution in [0.4, 0.5) is 0 Å². The number of rotatable bonds is 5. The molecule has 0 aliphatic heterocycles. The lowest BCUT2D eigenvalue weighted by Crippen LogP contribution is -2.18. The molecule has 116 valence electrons. The third-order valence-electron chi connectivity index (χ3n) is 3.71. The molecule has 2 aromatic carbocycles. The number of nitrogens with zero attached hydrogens (tertiary/aromatic N) is 1. The van der Waals surface area contributed by atoms with Crippen molar-refractivity contribution in [3.8, 4) is 16.9 Å². The van der Waals surface area contributed by atoms with Crippen molar-refractivity contribution >= 4 is 10.9 Å². The topological polar surface area (TPSA) is 40.5 Å². The quantitative estimate of drug-likeness (QED) is 0.410. The highest BCUT2D eigenvalue weighted by molar-refractivity contribution is 5.84. The van der Waals surface area contributed by atoms with Gasteiger partial charge >= 0.3 is 0 Å². The number of pyridine rings is 1. The Morgan fingerprint density at radius 1 is 1.13 bits per heavy atom. The number of aromatic nitrogens is 1. The smallest absolute Gasteiger partial charge is 0.258 e. The summed E-state index contributed by atoms with van der Waals surface area (Å²) in [5.74, 6) is 0.674. The lowest BCUT2D eigenvalue weighted by Gasteiger charge is -2.10. The largest absolute Gasteiger partial charge is 0.466 e. The number of benzene rings is 2. The van der Waals surface area contributed by atoms with Crippen LogP contribution in [0.2, 0.25) is 0 Å². The van der Waals surface area contributed by atoms with E-state index in [-0.39, 0.29) is 12.4 Å². The summed E-state index contributed by atoms with van der Waals surface area (Å²) in [5, 5.41) is 1.03. The summed E-state index contributed by atoms with van der Waals surface area (Å²) in [7, 11) is 1.79. The van der Waals surface area contributed by atoms with Gasteiger partial charge in [0.2, 0.25) is 6.79 Å². The predicted octanol–water partition coefficient (Wildman–Crippen LogP) is 3.70. The Morgan fingerprint density at radius 2 is 1.87 bits per heavy atom. The molecule has 0 bridgehead atoms. The summed E-state index contributed by atoms with van der Waals surface area (Å²) in [6, 6.07) is 17.1. The van der Waals surface area contributed by atoms with Crippen LogP contribution in [0.1, 0.15) is 0 Å². The van der Waals surface area contributed by atoms with Gasteiger partial charge in [0.05, 0.1) is 11.8 Å². The normalized spacial score (nSPS) is 10.5. The predicted molar refractivity (Wildman–Crippen MR) is 91.4 cm³/mol. The minimum absolute atomic E-state index is 0.0210. The van der Waals surface area contributed by atoms with Crippen LogP contribution >= 0.6 is 0 Å². The van der Waals surface area contributed by atoms with Gasteiger partial charge in [-0.2, -0.15) is 0 Å². The zero-order chi connectivity index (χ0) is 16.2. The van der Waals surface area contributed by atoms with Crippen molar-refractivity contribution in [3.05, 3.63) is 77.8 Å². The van der Waals surface area contributed by atoms with Crippen molar-refractivity contribution in [3.63, 3.8) is 0 Å². The zero-order valence-electron chi connectivity index (χ0n) is 12.9. The molecule has 3 aromatic rings. The van der Waals surface area contributed by atoms with Crippen molar-refractivity contribution in [2.45, 2.75) is 0 Å². The summed E-state index contributed by atoms with van der Waals surface area (Å²) in [4.78, 5) is 12.6. The summed E-state index contributed by atoms with van der Waals surface area (Å²) in [6.07, 6.45) is 1.33. The van der Waals surface area contributed by atoms with Crippen molar-refractivity contribution in [1.82, 2.24) is 4.57 Å². The molecule has 0 aliphatic rings. The highest BCUT2D eigenvalue weighted by atomic mass is 16.7. The van der Waals surface area contributed by atoms with Gasteiger partial charge in [0, 0.05) is 12.6 Å². The van der Waals surface area contributed by atoms with Crippen LogP contribution in [0.15, 0.2) is 72.2 Å². The number of para-hydroxylation sites is 1. The van der Waals surface area contributed by atoms with Crippen LogP contribution in [0.5, 0.6) is 5.75 Å². The number of hydrogen-bond acceptors (Lipinski definition) is 3. The van der Waals surface area contributed by atoms with Gasteiger partial charge in [-0.1, -0.05) is 36.9 Å². The average Bonchev–Trinajstić information content (AvgIpc) is 2.59. The van der Waals surface area contributed by atoms with Gasteiger partial charge in [-0.3, -0.25) is 4.79 Å². The van der Waals surface area contributed by atoms with Crippen LogP contribution in [-0.2, 0) is 11.8 Å². The van der Waals surface area contributed by atoms with Crippen LogP contribution in [-0.4, -0.2) is 11.4 Å². The molecule has 0 fully saturated rings. The Bertz CT molecular complexity index is 895. The summed E-state index contributed by atoms with van der Waals surface area (Å²) in [5.41, 5.74) is 2.42. The van der Waals surface area contributed by atoms with E-state index in [1.165, 1.54) is 6.26 Å². The van der Waals surface area contributed by atoms with E-state index < -0.39 is 0 Å². The lowest BCUT2D eigenvalue weighted by atomic mass is 10.0. The van der Waals surface area contributed by atoms with E-state index in [0.717, 1.165) is 16.5 Å². The zero-order valence-corrected chi connectivity index (χ0v) is 12.9. The molecule has 0 saturated carbocycles. The average molecular weight is 307 g/mol. The van der Waals surface area contributed by atoms with Crippen molar-refractivity contribution in [1.29, 1.82) is 0 Å². The molecule has 0 unspecified atom stereocenters. The lowest BCUT2D eigenvalue weighted by molar-refractivity contribution is 0.0807. The molecular formula is C19H17NO3. The molecule has 0 amide bonds. The molecule has 0 radical (unpaired) electrons. The van der Waals surface area contributed by atoms with Crippen LogP contribution in [0.25, 0.3) is 22.0 Å². The fraction of sp³-hybridized carbons (Fsp3) is 0.105. The molecule has 4 nitrogen and oxygen atoms in total. The van der Waals surface area contributed by atoms with E-state index in [1.807, 2.05) is 54.6 Å². The van der Waals surface area contributed by atoms with Gasteiger partial charge in [-0.25, -0.2) is 0 Å². The molecule has 1 heterocycles. The maximum Gasteiger partial charge on any atom is 0.258 e. The minimum Gasteiger partial charge on any atom is -0.466 e. The molecule has 0 aliphatic carbocycles. The van der Waals surface area contributed by atoms with E-state index in [9.17, 15) is 4.79 Å². The molecule has 3 rings (SSSR count). The van der Waals surface area contributed by atoms with E-state index in [2.05, 4.69) is 6.58 Å². The Kier molecular flexibility index (Phi) is 4.15. The molecule has 0 saturated heterocycles. The van der Waals surface area contributed by atoms with Crippen molar-refractivity contribution < 1.29 is 9.47 Å². The molecular weight excluding hydrogens is 290 g/mol. The highest BCUT2D eigenvalue weighted by Gasteiger charge is 2.08. The standard InChI is InChI=1S/C19H17NO3/c1-3-22-13-23-16-10-8-14(9-11-16)17-12-15-6-4-5-7-18(15)20(2)19(17)21/h3-12H,1,13H2,2H3. The van der Waals surface area contributed by atoms with Crippen LogP contribution < -0.4 is 10.3 Å². The fourth-order valence-corrected chi connectivity index (χ4v) is 2.51. The fourth-order valence-electron chi connectivity index (χ4n) is 2.51. The van der Waals surface area contributed by atoms with E-state index >= 15 is 0 Å². The SMILES string of the molecule is C=COCOc1ccc(-c2cc3ccccc3n(C)c2=O)cc1. The van der Waals surface area contributed by atoms with Crippen LogP contribution in [0, 0.1) is 0 Å². The Balaban J connectivity index is 1.98. The third kappa shape index (κ3) is 2.97. The minimum atomic E-state index is -0.0210. The first kappa shape index (κ1) is 14.9. The first-order chi connectivity index (χ1) is 11.2. The van der Waals surface area contributed by atoms with Gasteiger partial charge in [-0.05, 0) is 35.2 Å². The van der Waals surface area contributed by atoms with Crippen molar-refractivity contribution in [2.75, 3.05) is 6.79 Å². The second-order valence-electron chi connectivity index (χ2n) is 5.10. The number of aryl methyl sites for hydroxylation is 1. The number of hydrogen-bond donors (Lipinski definition) is 0. The van der Waals surface area contributed by atoms with Gasteiger partial charge in [-0.15, -0.1) is 0 Å². The van der Waals surface area contributed by atoms with Gasteiger partial charge in [0.15, 0.2) is 0 Å². The molecule has 0 atom stereocenters. The Hall–Kier alpha value is -3.01. The maximum atomic E-state index is 12.6. The van der Waals surface area contributed by atoms with E-state index in [0.29, 0.717) is 11.3 Å². The maximum absolute atomic E-state index is 12.6. The van der Waals surface area contributed by atoms with E-state index in [1.54, 1.807) is 11.6 Å². The highest BCUT2D eigenvalue weighted by Crippen LogP contribution is 2.23. The summed E-state index contributed by atoms with van der Waals surface area (Å²) in [6.45, 7) is 3.56. The summed E-state index contributed by atoms with van der Waals surface area (Å²) >= 11 is 0. The summed E-state index contributed by atoms with van der Waals surface area (Å²) < 4.78 is 12.0. The Morgan fingerprint density at radius 3 is 2.61 bits per heavy atom. The monoisotopic (exact) mass is 307 g/mol. The molecule has 23 heavy (non-hydrogen) atoms. The number of fused-ring (bicyclic) bond motifs is 1. The van der Waals surface area contributed by atoms with Gasteiger partial charge in [0.1, 0.15) is 5.75 Å². The van der Waals surface area contributed by atoms with Crippen molar-refractivity contribution in [2.24, 2.45) is 7.05 Å². The second-order valence-corrected chi connectivity index (χ2v) is 5.10. The first-order valence-corrected chi connectivity index (χ1v) is 7.25. The number of ether oxygens (including phenoxy) is 2.